The van der Waals surface area contributed by atoms with E-state index < -0.39 is 12.1 Å². The summed E-state index contributed by atoms with van der Waals surface area (Å²) in [6.07, 6.45) is 5.24. The lowest BCUT2D eigenvalue weighted by molar-refractivity contribution is 0.225. The molecule has 2 heterocycles. The quantitative estimate of drug-likeness (QED) is 0.427. The molecule has 29 heavy (non-hydrogen) atoms. The number of aliphatic hydroxyl groups is 1. The smallest absolute Gasteiger partial charge is 0.321 e. The fraction of sp³-hybridized carbons (Fsp3) is 0.100. The van der Waals surface area contributed by atoms with E-state index in [1.54, 1.807) is 11.3 Å². The highest BCUT2D eigenvalue weighted by Crippen LogP contribution is 2.31. The Morgan fingerprint density at radius 1 is 1.21 bits per heavy atom. The summed E-state index contributed by atoms with van der Waals surface area (Å²) in [7, 11) is 0. The number of hydrogen-bond donors (Lipinski definition) is 3. The van der Waals surface area contributed by atoms with Crippen LogP contribution in [0.4, 0.5) is 9.93 Å². The second-order valence-corrected chi connectivity index (χ2v) is 7.85. The van der Waals surface area contributed by atoms with Crippen molar-refractivity contribution in [3.63, 3.8) is 0 Å². The number of nitrogens with one attached hydrogen (secondary N) is 2. The van der Waals surface area contributed by atoms with Crippen molar-refractivity contribution in [2.45, 2.75) is 6.04 Å². The van der Waals surface area contributed by atoms with Gasteiger partial charge in [0.25, 0.3) is 0 Å². The van der Waals surface area contributed by atoms with Gasteiger partial charge in [0.15, 0.2) is 5.01 Å². The fourth-order valence-corrected chi connectivity index (χ4v) is 4.24. The van der Waals surface area contributed by atoms with Gasteiger partial charge in [-0.2, -0.15) is 0 Å². The summed E-state index contributed by atoms with van der Waals surface area (Å²) in [6, 6.07) is 12.7. The first-order chi connectivity index (χ1) is 14.2. The number of nitrogens with zero attached hydrogens (tertiary/aromatic N) is 3. The lowest BCUT2D eigenvalue weighted by Crippen LogP contribution is -2.34. The Morgan fingerprint density at radius 2 is 2.03 bits per heavy atom. The molecular formula is C20H15N5O2S2. The van der Waals surface area contributed by atoms with Gasteiger partial charge in [-0.25, -0.2) is 9.78 Å². The van der Waals surface area contributed by atoms with Crippen LogP contribution in [-0.4, -0.2) is 32.9 Å². The van der Waals surface area contributed by atoms with Gasteiger partial charge in [0.1, 0.15) is 0 Å². The highest BCUT2D eigenvalue weighted by Gasteiger charge is 2.16. The summed E-state index contributed by atoms with van der Waals surface area (Å²) in [4.78, 5) is 16.6. The van der Waals surface area contributed by atoms with E-state index in [1.165, 1.54) is 0 Å². The third-order valence-electron chi connectivity index (χ3n) is 4.24. The van der Waals surface area contributed by atoms with Crippen molar-refractivity contribution in [2.75, 3.05) is 11.9 Å². The van der Waals surface area contributed by atoms with E-state index in [0.29, 0.717) is 10.1 Å². The molecular weight excluding hydrogens is 406 g/mol. The van der Waals surface area contributed by atoms with Crippen molar-refractivity contribution in [1.82, 2.24) is 20.5 Å². The standard InChI is InChI=1S/C20H15N5O2S2/c1-2-17-24-25-20(29-17)23-19(27)22-16(10-26)13-8-6-12(7-9-13)14-4-3-5-15-18(14)28-11-21-15/h1,3-9,11,16,26H,10H2,(H2,22,23,25,27)/t16-/m0/s1. The Hall–Kier alpha value is -3.32. The topological polar surface area (TPSA) is 100 Å². The predicted molar refractivity (Wildman–Crippen MR) is 115 cm³/mol. The predicted octanol–water partition coefficient (Wildman–Crippen LogP) is 3.65. The molecule has 2 aromatic carbocycles. The van der Waals surface area contributed by atoms with Gasteiger partial charge in [0.05, 0.1) is 28.4 Å². The van der Waals surface area contributed by atoms with Gasteiger partial charge in [-0.1, -0.05) is 47.7 Å². The first-order valence-electron chi connectivity index (χ1n) is 8.59. The molecule has 0 aliphatic rings. The van der Waals surface area contributed by atoms with E-state index in [9.17, 15) is 9.90 Å². The number of hydrogen-bond acceptors (Lipinski definition) is 7. The number of urea groups is 1. The molecule has 2 aromatic heterocycles. The van der Waals surface area contributed by atoms with Gasteiger partial charge in [0, 0.05) is 5.56 Å². The van der Waals surface area contributed by atoms with Gasteiger partial charge in [-0.05, 0) is 23.1 Å². The third kappa shape index (κ3) is 4.09. The molecule has 0 spiro atoms. The molecule has 9 heteroatoms. The molecule has 0 aliphatic heterocycles. The molecule has 1 atom stereocenters. The highest BCUT2D eigenvalue weighted by molar-refractivity contribution is 7.17. The largest absolute Gasteiger partial charge is 0.394 e. The number of amides is 2. The van der Waals surface area contributed by atoms with Crippen LogP contribution in [-0.2, 0) is 0 Å². The monoisotopic (exact) mass is 421 g/mol. The van der Waals surface area contributed by atoms with Crippen LogP contribution in [0.25, 0.3) is 21.3 Å². The van der Waals surface area contributed by atoms with Crippen LogP contribution in [0.1, 0.15) is 16.6 Å². The number of rotatable bonds is 5. The average Bonchev–Trinajstić information content (AvgIpc) is 3.41. The molecule has 0 radical (unpaired) electrons. The number of carbonyl (C=O) groups is 1. The lowest BCUT2D eigenvalue weighted by atomic mass is 10.0. The van der Waals surface area contributed by atoms with Crippen LogP contribution < -0.4 is 10.6 Å². The Balaban J connectivity index is 1.48. The SMILES string of the molecule is C#Cc1nnc(NC(=O)N[C@@H](CO)c2ccc(-c3cccc4ncsc34)cc2)s1. The molecule has 0 saturated carbocycles. The van der Waals surface area contributed by atoms with Crippen molar-refractivity contribution in [3.05, 3.63) is 58.5 Å². The maximum atomic E-state index is 12.2. The van der Waals surface area contributed by atoms with E-state index in [1.807, 2.05) is 41.9 Å². The van der Waals surface area contributed by atoms with Gasteiger partial charge < -0.3 is 10.4 Å². The molecule has 0 aliphatic carbocycles. The Kier molecular flexibility index (Phi) is 5.48. The number of benzene rings is 2. The van der Waals surface area contributed by atoms with Crippen molar-refractivity contribution in [3.8, 4) is 23.5 Å². The Morgan fingerprint density at radius 3 is 2.76 bits per heavy atom. The molecule has 0 saturated heterocycles. The normalized spacial score (nSPS) is 11.7. The van der Waals surface area contributed by atoms with E-state index in [0.717, 1.165) is 38.2 Å². The van der Waals surface area contributed by atoms with Crippen molar-refractivity contribution < 1.29 is 9.90 Å². The Bertz CT molecular complexity index is 1190. The lowest BCUT2D eigenvalue weighted by Gasteiger charge is -2.17. The number of terminal acetylenes is 1. The molecule has 2 amide bonds. The van der Waals surface area contributed by atoms with Crippen LogP contribution in [0, 0.1) is 12.3 Å². The molecule has 0 fully saturated rings. The van der Waals surface area contributed by atoms with Gasteiger partial charge in [0.2, 0.25) is 5.13 Å². The van der Waals surface area contributed by atoms with E-state index in [2.05, 4.69) is 37.8 Å². The third-order valence-corrected chi connectivity index (χ3v) is 5.88. The van der Waals surface area contributed by atoms with Crippen LogP contribution in [0.2, 0.25) is 0 Å². The molecule has 4 aromatic rings. The minimum Gasteiger partial charge on any atom is -0.394 e. The van der Waals surface area contributed by atoms with Gasteiger partial charge >= 0.3 is 6.03 Å². The number of aliphatic hydroxyl groups excluding tert-OH is 1. The number of fused-ring (bicyclic) bond motifs is 1. The summed E-state index contributed by atoms with van der Waals surface area (Å²) < 4.78 is 1.12. The summed E-state index contributed by atoms with van der Waals surface area (Å²) >= 11 is 2.69. The summed E-state index contributed by atoms with van der Waals surface area (Å²) in [6.45, 7) is -0.247. The van der Waals surface area contributed by atoms with Crippen LogP contribution >= 0.6 is 22.7 Å². The van der Waals surface area contributed by atoms with Crippen molar-refractivity contribution >= 4 is 44.1 Å². The van der Waals surface area contributed by atoms with Gasteiger partial charge in [-0.15, -0.1) is 28.0 Å². The van der Waals surface area contributed by atoms with Crippen LogP contribution in [0.15, 0.2) is 48.0 Å². The van der Waals surface area contributed by atoms with Gasteiger partial charge in [-0.3, -0.25) is 5.32 Å². The molecule has 3 N–H and O–H groups in total. The molecule has 0 bridgehead atoms. The number of carbonyl (C=O) groups excluding carboxylic acids is 1. The van der Waals surface area contributed by atoms with E-state index in [4.69, 9.17) is 6.42 Å². The zero-order chi connectivity index (χ0) is 20.2. The Labute approximate surface area is 174 Å². The highest BCUT2D eigenvalue weighted by atomic mass is 32.1. The average molecular weight is 422 g/mol. The van der Waals surface area contributed by atoms with E-state index in [-0.39, 0.29) is 6.61 Å². The van der Waals surface area contributed by atoms with Crippen molar-refractivity contribution in [1.29, 1.82) is 0 Å². The second kappa shape index (κ2) is 8.36. The molecule has 7 nitrogen and oxygen atoms in total. The summed E-state index contributed by atoms with van der Waals surface area (Å²) in [5.74, 6) is 2.36. The zero-order valence-electron chi connectivity index (χ0n) is 15.0. The molecule has 144 valence electrons. The maximum absolute atomic E-state index is 12.2. The molecule has 4 rings (SSSR count). The first kappa shape index (κ1) is 19.0. The number of aromatic nitrogens is 3. The minimum absolute atomic E-state index is 0.247. The minimum atomic E-state index is -0.566. The van der Waals surface area contributed by atoms with E-state index >= 15 is 0 Å². The van der Waals surface area contributed by atoms with Crippen LogP contribution in [0.3, 0.4) is 0 Å². The summed E-state index contributed by atoms with van der Waals surface area (Å²) in [5, 5.41) is 23.2. The van der Waals surface area contributed by atoms with Crippen molar-refractivity contribution in [2.24, 2.45) is 0 Å². The first-order valence-corrected chi connectivity index (χ1v) is 10.3. The maximum Gasteiger partial charge on any atom is 0.321 e. The number of thiazole rings is 1. The van der Waals surface area contributed by atoms with Crippen LogP contribution in [0.5, 0.6) is 0 Å². The fourth-order valence-electron chi connectivity index (χ4n) is 2.87. The number of anilines is 1. The molecule has 0 unspecified atom stereocenters. The second-order valence-electron chi connectivity index (χ2n) is 6.02. The zero-order valence-corrected chi connectivity index (χ0v) is 16.6. The summed E-state index contributed by atoms with van der Waals surface area (Å²) in [5.41, 5.74) is 5.72.